The zero-order chi connectivity index (χ0) is 15.0. The average molecular weight is 286 g/mol. The summed E-state index contributed by atoms with van der Waals surface area (Å²) in [6.07, 6.45) is -0.271. The monoisotopic (exact) mass is 286 g/mol. The number of ketones is 1. The molecule has 1 aliphatic heterocycles. The van der Waals surface area contributed by atoms with Crippen molar-refractivity contribution in [3.8, 4) is 23.0 Å². The number of benzene rings is 2. The Hall–Kier alpha value is -2.69. The number of fused-ring (bicyclic) bond motifs is 1. The summed E-state index contributed by atoms with van der Waals surface area (Å²) in [6.45, 7) is 0. The standard InChI is InChI=1S/C16H14O5/c1-20-16-12(18)7-6-11-13(19)8-14(21-15(11)16)9-2-4-10(17)5-3-9/h2-7,14,17-18H,8H2,1H3/t14-/m1/s1. The lowest BCUT2D eigenvalue weighted by atomic mass is 9.96. The number of carbonyl (C=O) groups is 1. The summed E-state index contributed by atoms with van der Waals surface area (Å²) < 4.78 is 11.0. The van der Waals surface area contributed by atoms with Gasteiger partial charge in [0.1, 0.15) is 11.9 Å². The minimum Gasteiger partial charge on any atom is -0.508 e. The fourth-order valence-electron chi connectivity index (χ4n) is 2.42. The van der Waals surface area contributed by atoms with Gasteiger partial charge in [-0.1, -0.05) is 12.1 Å². The summed E-state index contributed by atoms with van der Waals surface area (Å²) in [7, 11) is 1.41. The van der Waals surface area contributed by atoms with Gasteiger partial charge in [0, 0.05) is 0 Å². The third-order valence-electron chi connectivity index (χ3n) is 3.49. The Morgan fingerprint density at radius 3 is 2.52 bits per heavy atom. The Morgan fingerprint density at radius 2 is 1.86 bits per heavy atom. The van der Waals surface area contributed by atoms with Crippen LogP contribution in [0.5, 0.6) is 23.0 Å². The van der Waals surface area contributed by atoms with Crippen molar-refractivity contribution in [1.82, 2.24) is 0 Å². The molecule has 1 aliphatic rings. The lowest BCUT2D eigenvalue weighted by Gasteiger charge is -2.27. The lowest BCUT2D eigenvalue weighted by Crippen LogP contribution is -2.20. The van der Waals surface area contributed by atoms with E-state index in [2.05, 4.69) is 0 Å². The molecular formula is C16H14O5. The van der Waals surface area contributed by atoms with Crippen molar-refractivity contribution < 1.29 is 24.5 Å². The maximum atomic E-state index is 12.2. The molecule has 0 spiro atoms. The maximum Gasteiger partial charge on any atom is 0.203 e. The molecule has 2 N–H and O–H groups in total. The molecule has 0 fully saturated rings. The van der Waals surface area contributed by atoms with Crippen LogP contribution in [0, 0.1) is 0 Å². The predicted octanol–water partition coefficient (Wildman–Crippen LogP) is 2.81. The topological polar surface area (TPSA) is 76.0 Å². The highest BCUT2D eigenvalue weighted by Crippen LogP contribution is 2.45. The van der Waals surface area contributed by atoms with Gasteiger partial charge in [0.05, 0.1) is 19.1 Å². The molecule has 3 rings (SSSR count). The minimum absolute atomic E-state index is 0.0737. The molecule has 0 saturated carbocycles. The molecule has 5 nitrogen and oxygen atoms in total. The van der Waals surface area contributed by atoms with Gasteiger partial charge in [0.2, 0.25) is 5.75 Å². The van der Waals surface area contributed by atoms with Crippen LogP contribution in [0.15, 0.2) is 36.4 Å². The van der Waals surface area contributed by atoms with Crippen molar-refractivity contribution >= 4 is 5.78 Å². The second kappa shape index (κ2) is 5.01. The Bertz CT molecular complexity index is 691. The fourth-order valence-corrected chi connectivity index (χ4v) is 2.42. The Balaban J connectivity index is 2.03. The van der Waals surface area contributed by atoms with Crippen molar-refractivity contribution in [3.63, 3.8) is 0 Å². The zero-order valence-corrected chi connectivity index (χ0v) is 11.4. The van der Waals surface area contributed by atoms with Crippen molar-refractivity contribution in [2.24, 2.45) is 0 Å². The number of phenols is 2. The molecule has 0 aliphatic carbocycles. The molecule has 2 aromatic rings. The first kappa shape index (κ1) is 13.3. The fraction of sp³-hybridized carbons (Fsp3) is 0.188. The second-order valence-electron chi connectivity index (χ2n) is 4.82. The third-order valence-corrected chi connectivity index (χ3v) is 3.49. The molecule has 1 heterocycles. The molecule has 108 valence electrons. The highest BCUT2D eigenvalue weighted by atomic mass is 16.5. The number of aromatic hydroxyl groups is 2. The molecule has 0 aromatic heterocycles. The van der Waals surface area contributed by atoms with E-state index in [0.717, 1.165) is 5.56 Å². The number of phenolic OH excluding ortho intramolecular Hbond substituents is 2. The quantitative estimate of drug-likeness (QED) is 0.887. The summed E-state index contributed by atoms with van der Waals surface area (Å²) in [4.78, 5) is 12.2. The van der Waals surface area contributed by atoms with E-state index in [-0.39, 0.29) is 35.2 Å². The van der Waals surface area contributed by atoms with Gasteiger partial charge in [-0.3, -0.25) is 4.79 Å². The molecule has 0 bridgehead atoms. The van der Waals surface area contributed by atoms with Gasteiger partial charge in [0.15, 0.2) is 17.3 Å². The van der Waals surface area contributed by atoms with E-state index in [1.807, 2.05) is 0 Å². The molecule has 5 heteroatoms. The predicted molar refractivity (Wildman–Crippen MR) is 75.1 cm³/mol. The smallest absolute Gasteiger partial charge is 0.203 e. The van der Waals surface area contributed by atoms with Crippen LogP contribution in [0.2, 0.25) is 0 Å². The van der Waals surface area contributed by atoms with Crippen LogP contribution in [-0.4, -0.2) is 23.1 Å². The van der Waals surface area contributed by atoms with E-state index in [0.29, 0.717) is 5.56 Å². The molecule has 21 heavy (non-hydrogen) atoms. The number of methoxy groups -OCH3 is 1. The molecule has 0 saturated heterocycles. The van der Waals surface area contributed by atoms with Crippen molar-refractivity contribution in [2.75, 3.05) is 7.11 Å². The van der Waals surface area contributed by atoms with Gasteiger partial charge in [-0.25, -0.2) is 0 Å². The van der Waals surface area contributed by atoms with E-state index in [9.17, 15) is 15.0 Å². The van der Waals surface area contributed by atoms with Crippen LogP contribution in [0.25, 0.3) is 0 Å². The first-order valence-corrected chi connectivity index (χ1v) is 6.49. The van der Waals surface area contributed by atoms with Crippen LogP contribution < -0.4 is 9.47 Å². The zero-order valence-electron chi connectivity index (χ0n) is 11.4. The van der Waals surface area contributed by atoms with E-state index < -0.39 is 6.10 Å². The highest BCUT2D eigenvalue weighted by Gasteiger charge is 2.31. The van der Waals surface area contributed by atoms with Crippen LogP contribution in [0.4, 0.5) is 0 Å². The van der Waals surface area contributed by atoms with E-state index >= 15 is 0 Å². The number of hydrogen-bond acceptors (Lipinski definition) is 5. The van der Waals surface area contributed by atoms with Gasteiger partial charge >= 0.3 is 0 Å². The van der Waals surface area contributed by atoms with E-state index in [1.54, 1.807) is 24.3 Å². The summed E-state index contributed by atoms with van der Waals surface area (Å²) in [5.41, 5.74) is 1.18. The Morgan fingerprint density at radius 1 is 1.14 bits per heavy atom. The SMILES string of the molecule is COc1c(O)ccc2c1O[C@@H](c1ccc(O)cc1)CC2=O. The number of ether oxygens (including phenoxy) is 2. The van der Waals surface area contributed by atoms with Crippen LogP contribution >= 0.6 is 0 Å². The minimum atomic E-state index is -0.471. The lowest BCUT2D eigenvalue weighted by molar-refractivity contribution is 0.0841. The Kier molecular flexibility index (Phi) is 3.17. The van der Waals surface area contributed by atoms with Crippen LogP contribution in [0.1, 0.15) is 28.4 Å². The average Bonchev–Trinajstić information content (AvgIpc) is 2.47. The van der Waals surface area contributed by atoms with Gasteiger partial charge in [-0.2, -0.15) is 0 Å². The number of Topliss-reactive ketones (excluding diaryl/α,β-unsaturated/α-hetero) is 1. The highest BCUT2D eigenvalue weighted by molar-refractivity contribution is 6.01. The van der Waals surface area contributed by atoms with Gasteiger partial charge in [0.25, 0.3) is 0 Å². The van der Waals surface area contributed by atoms with E-state index in [1.165, 1.54) is 19.2 Å². The summed E-state index contributed by atoms with van der Waals surface area (Å²) in [5, 5.41) is 19.1. The van der Waals surface area contributed by atoms with Crippen molar-refractivity contribution in [2.45, 2.75) is 12.5 Å². The number of rotatable bonds is 2. The normalized spacial score (nSPS) is 17.0. The number of carbonyl (C=O) groups excluding carboxylic acids is 1. The Labute approximate surface area is 121 Å². The summed E-state index contributed by atoms with van der Waals surface area (Å²) in [6, 6.07) is 9.43. The van der Waals surface area contributed by atoms with E-state index in [4.69, 9.17) is 9.47 Å². The molecule has 2 aromatic carbocycles. The molecule has 0 unspecified atom stereocenters. The first-order valence-electron chi connectivity index (χ1n) is 6.49. The van der Waals surface area contributed by atoms with Gasteiger partial charge in [-0.05, 0) is 29.8 Å². The van der Waals surface area contributed by atoms with Gasteiger partial charge < -0.3 is 19.7 Å². The molecule has 0 amide bonds. The molecule has 0 radical (unpaired) electrons. The van der Waals surface area contributed by atoms with Gasteiger partial charge in [-0.15, -0.1) is 0 Å². The molecule has 1 atom stereocenters. The van der Waals surface area contributed by atoms with Crippen LogP contribution in [0.3, 0.4) is 0 Å². The summed E-state index contributed by atoms with van der Waals surface area (Å²) in [5.74, 6) is 0.413. The summed E-state index contributed by atoms with van der Waals surface area (Å²) >= 11 is 0. The van der Waals surface area contributed by atoms with Crippen molar-refractivity contribution in [3.05, 3.63) is 47.5 Å². The largest absolute Gasteiger partial charge is 0.508 e. The van der Waals surface area contributed by atoms with Crippen molar-refractivity contribution in [1.29, 1.82) is 0 Å². The van der Waals surface area contributed by atoms with Crippen LogP contribution in [-0.2, 0) is 0 Å². The third kappa shape index (κ3) is 2.27. The first-order chi connectivity index (χ1) is 10.1. The number of hydrogen-bond donors (Lipinski definition) is 2. The second-order valence-corrected chi connectivity index (χ2v) is 4.82. The molecular weight excluding hydrogens is 272 g/mol. The maximum absolute atomic E-state index is 12.2.